The smallest absolute Gasteiger partial charge is 0.158 e. The molecule has 0 aromatic carbocycles. The van der Waals surface area contributed by atoms with Crippen LogP contribution in [-0.4, -0.2) is 61.4 Å². The maximum Gasteiger partial charge on any atom is 0.158 e. The van der Waals surface area contributed by atoms with Gasteiger partial charge in [-0.1, -0.05) is 19.3 Å². The zero-order chi connectivity index (χ0) is 16.3. The van der Waals surface area contributed by atoms with E-state index >= 15 is 0 Å². The molecule has 2 saturated heterocycles. The molecule has 0 radical (unpaired) electrons. The molecule has 2 heterocycles. The molecule has 2 aliphatic rings. The highest BCUT2D eigenvalue weighted by molar-refractivity contribution is 4.64. The van der Waals surface area contributed by atoms with Crippen LogP contribution in [0.2, 0.25) is 0 Å². The summed E-state index contributed by atoms with van der Waals surface area (Å²) in [4.78, 5) is 0. The fourth-order valence-corrected chi connectivity index (χ4v) is 3.03. The van der Waals surface area contributed by atoms with E-state index in [1.165, 1.54) is 19.3 Å². The highest BCUT2D eigenvalue weighted by Crippen LogP contribution is 2.20. The fourth-order valence-electron chi connectivity index (χ4n) is 3.03. The van der Waals surface area contributed by atoms with Gasteiger partial charge in [-0.2, -0.15) is 0 Å². The Kier molecular flexibility index (Phi) is 9.41. The zero-order valence-electron chi connectivity index (χ0n) is 14.0. The highest BCUT2D eigenvalue weighted by Gasteiger charge is 2.22. The van der Waals surface area contributed by atoms with Gasteiger partial charge in [0.1, 0.15) is 0 Å². The summed E-state index contributed by atoms with van der Waals surface area (Å²) in [5.41, 5.74) is 0. The van der Waals surface area contributed by atoms with Gasteiger partial charge in [-0.15, -0.1) is 0 Å². The first-order valence-corrected chi connectivity index (χ1v) is 9.07. The van der Waals surface area contributed by atoms with Crippen LogP contribution in [0.15, 0.2) is 0 Å². The van der Waals surface area contributed by atoms with Crippen molar-refractivity contribution in [2.75, 3.05) is 26.4 Å². The molecule has 0 bridgehead atoms. The monoisotopic (exact) mass is 332 g/mol. The predicted octanol–water partition coefficient (Wildman–Crippen LogP) is 1.96. The number of ether oxygens (including phenoxy) is 4. The third kappa shape index (κ3) is 7.45. The number of rotatable bonds is 10. The zero-order valence-corrected chi connectivity index (χ0v) is 14.0. The van der Waals surface area contributed by atoms with Crippen molar-refractivity contribution in [3.8, 4) is 0 Å². The molecule has 0 aromatic heterocycles. The molecule has 0 spiro atoms. The van der Waals surface area contributed by atoms with Crippen LogP contribution in [0.1, 0.15) is 57.8 Å². The van der Waals surface area contributed by atoms with Crippen molar-refractivity contribution in [1.29, 1.82) is 0 Å². The molecule has 0 saturated carbocycles. The van der Waals surface area contributed by atoms with E-state index in [-0.39, 0.29) is 38.0 Å². The minimum atomic E-state index is -0.139. The Morgan fingerprint density at radius 3 is 1.52 bits per heavy atom. The second kappa shape index (κ2) is 11.3. The van der Waals surface area contributed by atoms with Crippen LogP contribution in [0.25, 0.3) is 0 Å². The van der Waals surface area contributed by atoms with E-state index in [2.05, 4.69) is 0 Å². The minimum absolute atomic E-state index is 0.0491. The van der Waals surface area contributed by atoms with Crippen molar-refractivity contribution >= 4 is 0 Å². The molecule has 2 rings (SSSR count). The van der Waals surface area contributed by atoms with Gasteiger partial charge in [0.15, 0.2) is 12.6 Å². The summed E-state index contributed by atoms with van der Waals surface area (Å²) in [6.07, 6.45) is 8.71. The summed E-state index contributed by atoms with van der Waals surface area (Å²) >= 11 is 0. The number of unbranched alkanes of at least 4 members (excludes halogenated alkanes) is 4. The average Bonchev–Trinajstić information content (AvgIpc) is 2.61. The summed E-state index contributed by atoms with van der Waals surface area (Å²) in [5.74, 6) is 0. The summed E-state index contributed by atoms with van der Waals surface area (Å²) in [6, 6.07) is 0. The van der Waals surface area contributed by atoms with Crippen LogP contribution in [0, 0.1) is 0 Å². The van der Waals surface area contributed by atoms with E-state index in [1.54, 1.807) is 0 Å². The highest BCUT2D eigenvalue weighted by atomic mass is 16.7. The van der Waals surface area contributed by atoms with Gasteiger partial charge in [-0.05, 0) is 38.5 Å². The lowest BCUT2D eigenvalue weighted by Gasteiger charge is -2.29. The average molecular weight is 332 g/mol. The van der Waals surface area contributed by atoms with Crippen LogP contribution >= 0.6 is 0 Å². The van der Waals surface area contributed by atoms with Crippen molar-refractivity contribution in [2.45, 2.75) is 82.6 Å². The van der Waals surface area contributed by atoms with Crippen LogP contribution in [0.4, 0.5) is 0 Å². The van der Waals surface area contributed by atoms with Crippen LogP contribution in [-0.2, 0) is 18.9 Å². The Balaban J connectivity index is 1.42. The molecule has 0 amide bonds. The molecule has 2 fully saturated rings. The van der Waals surface area contributed by atoms with Crippen molar-refractivity contribution in [3.05, 3.63) is 0 Å². The van der Waals surface area contributed by atoms with Crippen LogP contribution < -0.4 is 0 Å². The Morgan fingerprint density at radius 1 is 0.652 bits per heavy atom. The number of hydrogen-bond donors (Lipinski definition) is 2. The van der Waals surface area contributed by atoms with Gasteiger partial charge < -0.3 is 29.2 Å². The second-order valence-electron chi connectivity index (χ2n) is 6.40. The Bertz CT molecular complexity index is 273. The van der Waals surface area contributed by atoms with Gasteiger partial charge in [-0.3, -0.25) is 0 Å². The number of aliphatic hydroxyl groups is 2. The van der Waals surface area contributed by atoms with Gasteiger partial charge in [0.05, 0.1) is 38.6 Å². The first-order chi connectivity index (χ1) is 11.3. The van der Waals surface area contributed by atoms with Crippen molar-refractivity contribution in [2.24, 2.45) is 0 Å². The van der Waals surface area contributed by atoms with Crippen molar-refractivity contribution in [3.63, 3.8) is 0 Å². The van der Waals surface area contributed by atoms with Crippen LogP contribution in [0.5, 0.6) is 0 Å². The normalized spacial score (nSPS) is 32.1. The number of aliphatic hydroxyl groups excluding tert-OH is 2. The van der Waals surface area contributed by atoms with Gasteiger partial charge in [0.2, 0.25) is 0 Å². The summed E-state index contributed by atoms with van der Waals surface area (Å²) < 4.78 is 22.4. The molecule has 6 nitrogen and oxygen atoms in total. The fraction of sp³-hybridized carbons (Fsp3) is 1.00. The lowest BCUT2D eigenvalue weighted by Crippen LogP contribution is -2.34. The van der Waals surface area contributed by atoms with Gasteiger partial charge in [-0.25, -0.2) is 0 Å². The summed E-state index contributed by atoms with van der Waals surface area (Å²) in [6.45, 7) is 1.54. The van der Waals surface area contributed by atoms with E-state index in [0.29, 0.717) is 13.2 Å². The largest absolute Gasteiger partial charge is 0.394 e. The molecule has 2 N–H and O–H groups in total. The van der Waals surface area contributed by atoms with E-state index in [4.69, 9.17) is 29.2 Å². The molecule has 136 valence electrons. The topological polar surface area (TPSA) is 77.4 Å². The molecule has 6 heteroatoms. The van der Waals surface area contributed by atoms with Gasteiger partial charge in [0.25, 0.3) is 0 Å². The van der Waals surface area contributed by atoms with Crippen LogP contribution in [0.3, 0.4) is 0 Å². The lowest BCUT2D eigenvalue weighted by atomic mass is 10.1. The molecule has 2 aliphatic heterocycles. The first kappa shape index (κ1) is 19.1. The molecule has 4 atom stereocenters. The SMILES string of the molecule is OCC1CCOC(CCCCCCCC2OCCC(CO)O2)O1. The predicted molar refractivity (Wildman–Crippen MR) is 85.0 cm³/mol. The Morgan fingerprint density at radius 2 is 1.09 bits per heavy atom. The van der Waals surface area contributed by atoms with Crippen molar-refractivity contribution in [1.82, 2.24) is 0 Å². The number of hydrogen-bond acceptors (Lipinski definition) is 6. The Labute approximate surface area is 139 Å². The molecule has 0 aliphatic carbocycles. The van der Waals surface area contributed by atoms with Crippen molar-refractivity contribution < 1.29 is 29.2 Å². The summed E-state index contributed by atoms with van der Waals surface area (Å²) in [5, 5.41) is 18.2. The van der Waals surface area contributed by atoms with E-state index < -0.39 is 0 Å². The third-order valence-electron chi connectivity index (χ3n) is 4.46. The van der Waals surface area contributed by atoms with E-state index in [9.17, 15) is 0 Å². The molecule has 23 heavy (non-hydrogen) atoms. The quantitative estimate of drug-likeness (QED) is 0.596. The van der Waals surface area contributed by atoms with E-state index in [1.807, 2.05) is 0 Å². The van der Waals surface area contributed by atoms with E-state index in [0.717, 1.165) is 38.5 Å². The molecule has 0 aromatic rings. The summed E-state index contributed by atoms with van der Waals surface area (Å²) in [7, 11) is 0. The molecule has 4 unspecified atom stereocenters. The second-order valence-corrected chi connectivity index (χ2v) is 6.40. The Hall–Kier alpha value is -0.240. The minimum Gasteiger partial charge on any atom is -0.394 e. The maximum atomic E-state index is 9.10. The van der Waals surface area contributed by atoms with Gasteiger partial charge >= 0.3 is 0 Å². The molecular formula is C17H32O6. The molecular weight excluding hydrogens is 300 g/mol. The third-order valence-corrected chi connectivity index (χ3v) is 4.46. The maximum absolute atomic E-state index is 9.10. The van der Waals surface area contributed by atoms with Gasteiger partial charge in [0, 0.05) is 0 Å². The first-order valence-electron chi connectivity index (χ1n) is 9.07. The standard InChI is InChI=1S/C17H32O6/c18-12-14-8-10-20-16(22-14)6-4-2-1-3-5-7-17-21-11-9-15(13-19)23-17/h14-19H,1-13H2. The lowest BCUT2D eigenvalue weighted by molar-refractivity contribution is -0.222.